The summed E-state index contributed by atoms with van der Waals surface area (Å²) in [6.45, 7) is 4.11. The van der Waals surface area contributed by atoms with Gasteiger partial charge in [-0.3, -0.25) is 0 Å². The Bertz CT molecular complexity index is 593. The van der Waals surface area contributed by atoms with E-state index in [9.17, 15) is 9.59 Å². The lowest BCUT2D eigenvalue weighted by atomic mass is 10.1. The van der Waals surface area contributed by atoms with Gasteiger partial charge in [0.05, 0.1) is 33.0 Å². The molecule has 0 saturated heterocycles. The average molecular weight is 409 g/mol. The van der Waals surface area contributed by atoms with Gasteiger partial charge >= 0.3 is 11.9 Å². The highest BCUT2D eigenvalue weighted by molar-refractivity contribution is 5.92. The van der Waals surface area contributed by atoms with Crippen molar-refractivity contribution >= 4 is 11.9 Å². The van der Waals surface area contributed by atoms with E-state index in [4.69, 9.17) is 23.7 Å². The van der Waals surface area contributed by atoms with Crippen molar-refractivity contribution in [2.24, 2.45) is 0 Å². The first-order chi connectivity index (χ1) is 14.2. The Kier molecular flexibility index (Phi) is 11.1. The van der Waals surface area contributed by atoms with Crippen molar-refractivity contribution < 1.29 is 33.3 Å². The van der Waals surface area contributed by atoms with Gasteiger partial charge in [-0.1, -0.05) is 39.0 Å². The summed E-state index contributed by atoms with van der Waals surface area (Å²) in [5, 5.41) is 0. The van der Waals surface area contributed by atoms with Gasteiger partial charge in [0, 0.05) is 12.1 Å². The molecule has 2 bridgehead atoms. The molecule has 0 fully saturated rings. The molecule has 0 atom stereocenters. The van der Waals surface area contributed by atoms with Crippen LogP contribution in [-0.2, 0) is 18.9 Å². The topological polar surface area (TPSA) is 93.2 Å². The van der Waals surface area contributed by atoms with Gasteiger partial charge in [-0.15, -0.1) is 0 Å². The van der Waals surface area contributed by atoms with Crippen molar-refractivity contribution in [2.75, 3.05) is 46.2 Å². The third kappa shape index (κ3) is 9.23. The molecule has 1 aromatic rings. The first kappa shape index (κ1) is 23.1. The number of nitrogens with zero attached hydrogens (tertiary/aromatic N) is 1. The Balaban J connectivity index is 1.99. The van der Waals surface area contributed by atoms with E-state index in [1.165, 1.54) is 37.8 Å². The molecule has 8 heteroatoms. The summed E-state index contributed by atoms with van der Waals surface area (Å²) in [4.78, 5) is 28.6. The largest absolute Gasteiger partial charge is 0.493 e. The standard InChI is InChI=1S/C21H31NO7/c1-2-3-4-5-6-7-8-27-17-15-18-20(23)28-13-11-25-9-10-26-12-14-29-21(24)19(16-17)22-18/h15-16H,2-14H2,1H3. The summed E-state index contributed by atoms with van der Waals surface area (Å²) in [5.74, 6) is -0.887. The van der Waals surface area contributed by atoms with Crippen molar-refractivity contribution in [3.8, 4) is 5.75 Å². The SMILES string of the molecule is CCCCCCCCOc1cc2nc(c1)C(=O)OCCOCCOCCOC2=O. The molecule has 0 unspecified atom stereocenters. The Morgan fingerprint density at radius 1 is 0.793 bits per heavy atom. The molecule has 0 radical (unpaired) electrons. The van der Waals surface area contributed by atoms with Crippen molar-refractivity contribution in [1.82, 2.24) is 4.98 Å². The lowest BCUT2D eigenvalue weighted by molar-refractivity contribution is 0.00280. The lowest BCUT2D eigenvalue weighted by Gasteiger charge is -2.10. The molecule has 2 heterocycles. The van der Waals surface area contributed by atoms with Crippen LogP contribution in [0.15, 0.2) is 12.1 Å². The smallest absolute Gasteiger partial charge is 0.357 e. The molecule has 0 aromatic carbocycles. The molecule has 1 aliphatic heterocycles. The highest BCUT2D eigenvalue weighted by Gasteiger charge is 2.18. The molecular weight excluding hydrogens is 378 g/mol. The van der Waals surface area contributed by atoms with Crippen LogP contribution in [0.4, 0.5) is 0 Å². The second-order valence-electron chi connectivity index (χ2n) is 6.69. The predicted octanol–water partition coefficient (Wildman–Crippen LogP) is 3.18. The number of pyridine rings is 1. The summed E-state index contributed by atoms with van der Waals surface area (Å²) in [6.07, 6.45) is 6.84. The predicted molar refractivity (Wildman–Crippen MR) is 105 cm³/mol. The number of carbonyl (C=O) groups excluding carboxylic acids is 2. The molecule has 0 amide bonds. The number of ether oxygens (including phenoxy) is 5. The van der Waals surface area contributed by atoms with Gasteiger partial charge in [0.1, 0.15) is 19.0 Å². The van der Waals surface area contributed by atoms with Gasteiger partial charge in [0.2, 0.25) is 0 Å². The second-order valence-corrected chi connectivity index (χ2v) is 6.69. The van der Waals surface area contributed by atoms with Crippen LogP contribution >= 0.6 is 0 Å². The zero-order valence-electron chi connectivity index (χ0n) is 17.2. The number of aromatic nitrogens is 1. The summed E-state index contributed by atoms with van der Waals surface area (Å²) in [6, 6.07) is 2.97. The molecule has 0 spiro atoms. The lowest BCUT2D eigenvalue weighted by Crippen LogP contribution is -2.16. The highest BCUT2D eigenvalue weighted by Crippen LogP contribution is 2.17. The van der Waals surface area contributed by atoms with Gasteiger partial charge in [0.15, 0.2) is 11.4 Å². The van der Waals surface area contributed by atoms with Crippen molar-refractivity contribution in [3.05, 3.63) is 23.5 Å². The zero-order chi connectivity index (χ0) is 20.7. The molecule has 162 valence electrons. The average Bonchev–Trinajstić information content (AvgIpc) is 2.73. The monoisotopic (exact) mass is 409 g/mol. The summed E-state index contributed by atoms with van der Waals surface area (Å²) < 4.78 is 26.7. The van der Waals surface area contributed by atoms with Crippen LogP contribution in [0.1, 0.15) is 66.4 Å². The van der Waals surface area contributed by atoms with Crippen molar-refractivity contribution in [2.45, 2.75) is 45.4 Å². The van der Waals surface area contributed by atoms with Gasteiger partial charge in [-0.25, -0.2) is 14.6 Å². The van der Waals surface area contributed by atoms with E-state index in [0.29, 0.717) is 25.6 Å². The normalized spacial score (nSPS) is 16.3. The summed E-state index contributed by atoms with van der Waals surface area (Å²) in [5.41, 5.74) is 0.00651. The van der Waals surface area contributed by atoms with Crippen LogP contribution < -0.4 is 4.74 Å². The van der Waals surface area contributed by atoms with E-state index in [-0.39, 0.29) is 37.8 Å². The van der Waals surface area contributed by atoms with Crippen LogP contribution in [0.5, 0.6) is 5.75 Å². The van der Waals surface area contributed by atoms with Crippen LogP contribution in [-0.4, -0.2) is 63.2 Å². The van der Waals surface area contributed by atoms with Gasteiger partial charge in [-0.05, 0) is 6.42 Å². The van der Waals surface area contributed by atoms with E-state index in [1.807, 2.05) is 0 Å². The minimum atomic E-state index is -0.640. The maximum atomic E-state index is 12.3. The number of fused-ring (bicyclic) bond motifs is 2. The Labute approximate surface area is 171 Å². The quantitative estimate of drug-likeness (QED) is 0.477. The fraction of sp³-hybridized carbons (Fsp3) is 0.667. The number of hydrogen-bond donors (Lipinski definition) is 0. The van der Waals surface area contributed by atoms with Crippen molar-refractivity contribution in [1.29, 1.82) is 0 Å². The minimum Gasteiger partial charge on any atom is -0.493 e. The minimum absolute atomic E-state index is 0.00326. The molecule has 0 aliphatic carbocycles. The number of cyclic esters (lactones) is 2. The summed E-state index contributed by atoms with van der Waals surface area (Å²) in [7, 11) is 0. The Morgan fingerprint density at radius 2 is 1.31 bits per heavy atom. The molecule has 29 heavy (non-hydrogen) atoms. The second kappa shape index (κ2) is 13.9. The molecule has 8 nitrogen and oxygen atoms in total. The molecule has 0 N–H and O–H groups in total. The van der Waals surface area contributed by atoms with Gasteiger partial charge < -0.3 is 23.7 Å². The van der Waals surface area contributed by atoms with Crippen LogP contribution in [0, 0.1) is 0 Å². The number of unbranched alkanes of at least 4 members (excludes halogenated alkanes) is 5. The third-order valence-corrected chi connectivity index (χ3v) is 4.28. The number of carbonyl (C=O) groups is 2. The van der Waals surface area contributed by atoms with Gasteiger partial charge in [0.25, 0.3) is 0 Å². The van der Waals surface area contributed by atoms with E-state index in [1.54, 1.807) is 0 Å². The first-order valence-electron chi connectivity index (χ1n) is 10.4. The van der Waals surface area contributed by atoms with E-state index < -0.39 is 11.9 Å². The fourth-order valence-electron chi connectivity index (χ4n) is 2.73. The van der Waals surface area contributed by atoms with Crippen LogP contribution in [0.25, 0.3) is 0 Å². The zero-order valence-corrected chi connectivity index (χ0v) is 17.2. The molecule has 0 saturated carbocycles. The highest BCUT2D eigenvalue weighted by atomic mass is 16.6. The number of esters is 2. The molecule has 1 aromatic heterocycles. The van der Waals surface area contributed by atoms with E-state index >= 15 is 0 Å². The Morgan fingerprint density at radius 3 is 1.90 bits per heavy atom. The third-order valence-electron chi connectivity index (χ3n) is 4.28. The van der Waals surface area contributed by atoms with Crippen LogP contribution in [0.3, 0.4) is 0 Å². The maximum absolute atomic E-state index is 12.3. The van der Waals surface area contributed by atoms with E-state index in [0.717, 1.165) is 12.8 Å². The first-order valence-corrected chi connectivity index (χ1v) is 10.4. The fourth-order valence-corrected chi connectivity index (χ4v) is 2.73. The van der Waals surface area contributed by atoms with E-state index in [2.05, 4.69) is 11.9 Å². The molecular formula is C21H31NO7. The maximum Gasteiger partial charge on any atom is 0.357 e. The Hall–Kier alpha value is -2.19. The van der Waals surface area contributed by atoms with Crippen molar-refractivity contribution in [3.63, 3.8) is 0 Å². The number of rotatable bonds is 8. The van der Waals surface area contributed by atoms with Crippen LogP contribution in [0.2, 0.25) is 0 Å². The molecule has 1 aliphatic rings. The molecule has 2 rings (SSSR count). The number of hydrogen-bond acceptors (Lipinski definition) is 8. The summed E-state index contributed by atoms with van der Waals surface area (Å²) >= 11 is 0. The van der Waals surface area contributed by atoms with Gasteiger partial charge in [-0.2, -0.15) is 0 Å².